The minimum atomic E-state index is -1.02. The van der Waals surface area contributed by atoms with Crippen LogP contribution in [-0.4, -0.2) is 27.6 Å². The van der Waals surface area contributed by atoms with E-state index in [4.69, 9.17) is 6.42 Å². The number of aryl methyl sites for hydroxylation is 1. The van der Waals surface area contributed by atoms with Crippen LogP contribution in [0.2, 0.25) is 0 Å². The molecular formula is C20H17N3O3. The van der Waals surface area contributed by atoms with E-state index in [-0.39, 0.29) is 17.7 Å². The van der Waals surface area contributed by atoms with Gasteiger partial charge < -0.3 is 15.0 Å². The number of fused-ring (bicyclic) bond motifs is 1. The molecule has 6 heteroatoms. The summed E-state index contributed by atoms with van der Waals surface area (Å²) in [6.07, 6.45) is 5.47. The first kappa shape index (κ1) is 17.2. The molecule has 0 atom stereocenters. The number of hydrogen-bond donors (Lipinski definition) is 2. The zero-order valence-electron chi connectivity index (χ0n) is 14.2. The molecule has 0 spiro atoms. The second-order valence-corrected chi connectivity index (χ2v) is 5.89. The van der Waals surface area contributed by atoms with Crippen molar-refractivity contribution < 1.29 is 9.90 Å². The van der Waals surface area contributed by atoms with Gasteiger partial charge in [0.1, 0.15) is 5.82 Å². The summed E-state index contributed by atoms with van der Waals surface area (Å²) in [5.74, 6) is 2.10. The Balaban J connectivity index is 2.02. The average molecular weight is 347 g/mol. The Labute approximate surface area is 150 Å². The molecule has 130 valence electrons. The van der Waals surface area contributed by atoms with Crippen molar-refractivity contribution in [3.8, 4) is 12.3 Å². The van der Waals surface area contributed by atoms with Crippen molar-refractivity contribution in [3.63, 3.8) is 0 Å². The molecule has 0 saturated heterocycles. The number of terminal acetylenes is 1. The zero-order chi connectivity index (χ0) is 18.7. The number of aromatic amines is 1. The zero-order valence-corrected chi connectivity index (χ0v) is 14.2. The third-order valence-corrected chi connectivity index (χ3v) is 4.02. The Morgan fingerprint density at radius 2 is 2.08 bits per heavy atom. The highest BCUT2D eigenvalue weighted by atomic mass is 16.4. The number of anilines is 1. The molecule has 0 saturated carbocycles. The van der Waals surface area contributed by atoms with E-state index in [1.54, 1.807) is 48.2 Å². The van der Waals surface area contributed by atoms with E-state index < -0.39 is 5.97 Å². The van der Waals surface area contributed by atoms with Crippen LogP contribution >= 0.6 is 0 Å². The smallest absolute Gasteiger partial charge is 0.337 e. The number of carboxylic acid groups (broad SMARTS) is 1. The highest BCUT2D eigenvalue weighted by molar-refractivity contribution is 5.94. The van der Waals surface area contributed by atoms with Gasteiger partial charge in [-0.2, -0.15) is 0 Å². The van der Waals surface area contributed by atoms with Gasteiger partial charge in [0.05, 0.1) is 28.7 Å². The lowest BCUT2D eigenvalue weighted by Gasteiger charge is -2.24. The van der Waals surface area contributed by atoms with Gasteiger partial charge in [-0.15, -0.1) is 6.42 Å². The predicted octanol–water partition coefficient (Wildman–Crippen LogP) is 2.57. The molecule has 26 heavy (non-hydrogen) atoms. The van der Waals surface area contributed by atoms with Crippen LogP contribution in [-0.2, 0) is 6.54 Å². The number of carbonyl (C=O) groups is 1. The van der Waals surface area contributed by atoms with E-state index in [1.165, 1.54) is 0 Å². The third-order valence-electron chi connectivity index (χ3n) is 4.02. The molecule has 3 aromatic rings. The van der Waals surface area contributed by atoms with Gasteiger partial charge in [0.2, 0.25) is 0 Å². The largest absolute Gasteiger partial charge is 0.478 e. The number of hydrogen-bond acceptors (Lipinski definition) is 4. The molecule has 3 rings (SSSR count). The van der Waals surface area contributed by atoms with Crippen LogP contribution < -0.4 is 10.5 Å². The first-order valence-corrected chi connectivity index (χ1v) is 8.00. The summed E-state index contributed by atoms with van der Waals surface area (Å²) >= 11 is 0. The SMILES string of the molecule is C#CCN(Cc1ccc2nc(C)[nH]c(=O)c2c1)c1ccccc1C(=O)O. The van der Waals surface area contributed by atoms with Crippen LogP contribution in [0, 0.1) is 19.3 Å². The molecule has 0 aliphatic rings. The summed E-state index contributed by atoms with van der Waals surface area (Å²) in [5, 5.41) is 9.91. The number of aromatic nitrogens is 2. The number of nitrogens with one attached hydrogen (secondary N) is 1. The van der Waals surface area contributed by atoms with Gasteiger partial charge in [0, 0.05) is 6.54 Å². The van der Waals surface area contributed by atoms with Crippen molar-refractivity contribution in [2.75, 3.05) is 11.4 Å². The topological polar surface area (TPSA) is 86.3 Å². The molecule has 0 unspecified atom stereocenters. The molecular weight excluding hydrogens is 330 g/mol. The monoisotopic (exact) mass is 347 g/mol. The van der Waals surface area contributed by atoms with E-state index in [0.717, 1.165) is 5.56 Å². The van der Waals surface area contributed by atoms with E-state index >= 15 is 0 Å². The van der Waals surface area contributed by atoms with E-state index in [2.05, 4.69) is 15.9 Å². The summed E-state index contributed by atoms with van der Waals surface area (Å²) in [6.45, 7) is 2.34. The lowest BCUT2D eigenvalue weighted by molar-refractivity contribution is 0.0697. The van der Waals surface area contributed by atoms with Crippen LogP contribution in [0.3, 0.4) is 0 Å². The second kappa shape index (κ2) is 7.11. The number of rotatable bonds is 5. The molecule has 1 heterocycles. The fourth-order valence-electron chi connectivity index (χ4n) is 2.89. The third kappa shape index (κ3) is 3.42. The van der Waals surface area contributed by atoms with Crippen molar-refractivity contribution in [3.05, 3.63) is 69.8 Å². The lowest BCUT2D eigenvalue weighted by Crippen LogP contribution is -2.25. The summed E-state index contributed by atoms with van der Waals surface area (Å²) in [6, 6.07) is 12.1. The van der Waals surface area contributed by atoms with E-state index in [1.807, 2.05) is 6.07 Å². The lowest BCUT2D eigenvalue weighted by atomic mass is 10.1. The number of H-pyrrole nitrogens is 1. The minimum absolute atomic E-state index is 0.179. The molecule has 2 aromatic carbocycles. The molecule has 0 bridgehead atoms. The van der Waals surface area contributed by atoms with E-state index in [0.29, 0.717) is 29.0 Å². The number of benzene rings is 2. The maximum absolute atomic E-state index is 12.2. The van der Waals surface area contributed by atoms with Crippen molar-refractivity contribution in [1.82, 2.24) is 9.97 Å². The second-order valence-electron chi connectivity index (χ2n) is 5.89. The van der Waals surface area contributed by atoms with Crippen LogP contribution in [0.5, 0.6) is 0 Å². The fourth-order valence-corrected chi connectivity index (χ4v) is 2.89. The van der Waals surface area contributed by atoms with Gasteiger partial charge >= 0.3 is 5.97 Å². The first-order valence-electron chi connectivity index (χ1n) is 8.00. The van der Waals surface area contributed by atoms with Crippen LogP contribution in [0.4, 0.5) is 5.69 Å². The molecule has 0 fully saturated rings. The molecule has 2 N–H and O–H groups in total. The Morgan fingerprint density at radius 3 is 2.81 bits per heavy atom. The summed E-state index contributed by atoms with van der Waals surface area (Å²) in [7, 11) is 0. The van der Waals surface area contributed by atoms with E-state index in [9.17, 15) is 14.7 Å². The Hall–Kier alpha value is -3.59. The highest BCUT2D eigenvalue weighted by Gasteiger charge is 2.15. The standard InChI is InChI=1S/C20H17N3O3/c1-3-10-23(18-7-5-4-6-15(18)20(25)26)12-14-8-9-17-16(11-14)19(24)22-13(2)21-17/h1,4-9,11H,10,12H2,2H3,(H,25,26)(H,21,22,24). The molecule has 6 nitrogen and oxygen atoms in total. The fraction of sp³-hybridized carbons (Fsp3) is 0.150. The number of para-hydroxylation sites is 1. The van der Waals surface area contributed by atoms with Crippen molar-refractivity contribution in [2.24, 2.45) is 0 Å². The van der Waals surface area contributed by atoms with Crippen molar-refractivity contribution in [1.29, 1.82) is 0 Å². The Morgan fingerprint density at radius 1 is 1.31 bits per heavy atom. The number of aromatic carboxylic acids is 1. The van der Waals surface area contributed by atoms with Crippen LogP contribution in [0.25, 0.3) is 10.9 Å². The van der Waals surface area contributed by atoms with Crippen LogP contribution in [0.1, 0.15) is 21.7 Å². The summed E-state index contributed by atoms with van der Waals surface area (Å²) in [5.41, 5.74) is 1.96. The summed E-state index contributed by atoms with van der Waals surface area (Å²) in [4.78, 5) is 32.4. The maximum Gasteiger partial charge on any atom is 0.337 e. The van der Waals surface area contributed by atoms with Gasteiger partial charge in [0.25, 0.3) is 5.56 Å². The molecule has 0 aliphatic heterocycles. The van der Waals surface area contributed by atoms with Gasteiger partial charge in [-0.25, -0.2) is 9.78 Å². The molecule has 0 radical (unpaired) electrons. The summed E-state index contributed by atoms with van der Waals surface area (Å²) < 4.78 is 0. The predicted molar refractivity (Wildman–Crippen MR) is 100 cm³/mol. The van der Waals surface area contributed by atoms with Gasteiger partial charge in [-0.3, -0.25) is 4.79 Å². The van der Waals surface area contributed by atoms with Crippen molar-refractivity contribution in [2.45, 2.75) is 13.5 Å². The Bertz CT molecular complexity index is 1080. The van der Waals surface area contributed by atoms with Gasteiger partial charge in [-0.1, -0.05) is 24.1 Å². The molecule has 0 amide bonds. The first-order chi connectivity index (χ1) is 12.5. The minimum Gasteiger partial charge on any atom is -0.478 e. The average Bonchev–Trinajstić information content (AvgIpc) is 2.61. The van der Waals surface area contributed by atoms with Gasteiger partial charge in [0.15, 0.2) is 0 Å². The van der Waals surface area contributed by atoms with Gasteiger partial charge in [-0.05, 0) is 36.8 Å². The van der Waals surface area contributed by atoms with Crippen molar-refractivity contribution >= 4 is 22.6 Å². The Kier molecular flexibility index (Phi) is 4.72. The number of carboxylic acids is 1. The molecule has 0 aliphatic carbocycles. The molecule has 1 aromatic heterocycles. The normalized spacial score (nSPS) is 10.5. The number of nitrogens with zero attached hydrogens (tertiary/aromatic N) is 2. The van der Waals surface area contributed by atoms with Crippen LogP contribution in [0.15, 0.2) is 47.3 Å². The quantitative estimate of drug-likeness (QED) is 0.693. The maximum atomic E-state index is 12.2. The highest BCUT2D eigenvalue weighted by Crippen LogP contribution is 2.23.